The predicted molar refractivity (Wildman–Crippen MR) is 109 cm³/mol. The monoisotopic (exact) mass is 440 g/mol. The number of rotatable bonds is 4. The zero-order valence-corrected chi connectivity index (χ0v) is 18.6. The third kappa shape index (κ3) is 5.23. The number of nitrogens with zero attached hydrogens (tertiary/aromatic N) is 2. The molecular weight excluding hydrogens is 412 g/mol. The Balaban J connectivity index is 2.07. The zero-order chi connectivity index (χ0) is 20.4. The first-order valence-corrected chi connectivity index (χ1v) is 9.93. The maximum absolute atomic E-state index is 12.6. The Morgan fingerprint density at radius 3 is 2.33 bits per heavy atom. The fourth-order valence-electron chi connectivity index (χ4n) is 3.36. The van der Waals surface area contributed by atoms with Crippen molar-refractivity contribution in [3.8, 4) is 0 Å². The minimum absolute atomic E-state index is 0.112. The average molecular weight is 441 g/mol. The van der Waals surface area contributed by atoms with Crippen molar-refractivity contribution in [3.63, 3.8) is 0 Å². The largest absolute Gasteiger partial charge is 0.465 e. The highest BCUT2D eigenvalue weighted by Crippen LogP contribution is 2.30. The Morgan fingerprint density at radius 1 is 1.22 bits per heavy atom. The summed E-state index contributed by atoms with van der Waals surface area (Å²) in [7, 11) is 3.02. The summed E-state index contributed by atoms with van der Waals surface area (Å²) in [5.41, 5.74) is 1.89. The maximum atomic E-state index is 12.6. The van der Waals surface area contributed by atoms with Crippen molar-refractivity contribution >= 4 is 33.6 Å². The maximum Gasteiger partial charge on any atom is 0.338 e. The van der Waals surface area contributed by atoms with Gasteiger partial charge >= 0.3 is 11.9 Å². The van der Waals surface area contributed by atoms with Gasteiger partial charge in [0.25, 0.3) is 0 Å². The molecule has 1 aromatic rings. The highest BCUT2D eigenvalue weighted by atomic mass is 79.9. The number of anilines is 1. The number of carbonyl (C=O) groups excluding carboxylic acids is 2. The SMILES string of the molecule is COC(=O)c1cc(Br)cc(N(C)OC(=O)C2CCN(C(C)(C)C)CC2)c1C. The topological polar surface area (TPSA) is 59.1 Å². The molecule has 0 saturated carbocycles. The number of carbonyl (C=O) groups is 2. The molecule has 0 radical (unpaired) electrons. The van der Waals surface area contributed by atoms with Gasteiger partial charge < -0.3 is 9.57 Å². The summed E-state index contributed by atoms with van der Waals surface area (Å²) in [5, 5.41) is 1.44. The van der Waals surface area contributed by atoms with E-state index < -0.39 is 5.97 Å². The van der Waals surface area contributed by atoms with Crippen molar-refractivity contribution in [3.05, 3.63) is 27.7 Å². The van der Waals surface area contributed by atoms with E-state index in [2.05, 4.69) is 41.6 Å². The van der Waals surface area contributed by atoms with Crippen LogP contribution in [0.1, 0.15) is 49.5 Å². The van der Waals surface area contributed by atoms with Gasteiger partial charge in [-0.15, -0.1) is 0 Å². The van der Waals surface area contributed by atoms with Gasteiger partial charge in [-0.25, -0.2) is 14.7 Å². The minimum atomic E-state index is -0.427. The number of methoxy groups -OCH3 is 1. The molecule has 6 nitrogen and oxygen atoms in total. The van der Waals surface area contributed by atoms with E-state index in [9.17, 15) is 9.59 Å². The molecule has 1 aliphatic rings. The summed E-state index contributed by atoms with van der Waals surface area (Å²) in [4.78, 5) is 32.6. The standard InChI is InChI=1S/C20H29BrN2O4/c1-13-16(19(25)26-6)11-15(21)12-17(13)22(5)27-18(24)14-7-9-23(10-8-14)20(2,3)4/h11-12,14H,7-10H2,1-6H3. The summed E-state index contributed by atoms with van der Waals surface area (Å²) < 4.78 is 5.54. The third-order valence-corrected chi connectivity index (χ3v) is 5.55. The number of hydroxylamine groups is 1. The molecule has 0 bridgehead atoms. The molecule has 0 atom stereocenters. The molecule has 0 amide bonds. The molecule has 0 N–H and O–H groups in total. The fraction of sp³-hybridized carbons (Fsp3) is 0.600. The van der Waals surface area contributed by atoms with Crippen LogP contribution in [0.4, 0.5) is 5.69 Å². The fourth-order valence-corrected chi connectivity index (χ4v) is 3.80. The number of halogens is 1. The third-order valence-electron chi connectivity index (χ3n) is 5.09. The Morgan fingerprint density at radius 2 is 1.81 bits per heavy atom. The quantitative estimate of drug-likeness (QED) is 0.521. The van der Waals surface area contributed by atoms with E-state index in [-0.39, 0.29) is 17.4 Å². The number of piperidine rings is 1. The van der Waals surface area contributed by atoms with Gasteiger partial charge in [-0.1, -0.05) is 15.9 Å². The Hall–Kier alpha value is -1.60. The van der Waals surface area contributed by atoms with E-state index in [0.717, 1.165) is 25.9 Å². The van der Waals surface area contributed by atoms with Gasteiger partial charge in [-0.05, 0) is 71.3 Å². The van der Waals surface area contributed by atoms with Crippen molar-refractivity contribution in [1.82, 2.24) is 4.90 Å². The first kappa shape index (κ1) is 21.7. The summed E-state index contributed by atoms with van der Waals surface area (Å²) >= 11 is 3.40. The summed E-state index contributed by atoms with van der Waals surface area (Å²) in [5.74, 6) is -0.770. The van der Waals surface area contributed by atoms with Crippen LogP contribution in [0, 0.1) is 12.8 Å². The van der Waals surface area contributed by atoms with Gasteiger partial charge in [0, 0.05) is 17.1 Å². The van der Waals surface area contributed by atoms with Crippen molar-refractivity contribution in [2.45, 2.75) is 46.1 Å². The molecule has 2 rings (SSSR count). The number of hydrogen-bond donors (Lipinski definition) is 0. The molecule has 0 unspecified atom stereocenters. The van der Waals surface area contributed by atoms with Crippen molar-refractivity contribution in [1.29, 1.82) is 0 Å². The Bertz CT molecular complexity index is 707. The molecule has 1 aliphatic heterocycles. The van der Waals surface area contributed by atoms with Crippen molar-refractivity contribution in [2.75, 3.05) is 32.3 Å². The Labute approximate surface area is 169 Å². The highest BCUT2D eigenvalue weighted by Gasteiger charge is 2.32. The molecule has 1 aromatic carbocycles. The first-order valence-electron chi connectivity index (χ1n) is 9.13. The van der Waals surface area contributed by atoms with Crippen LogP contribution in [0.25, 0.3) is 0 Å². The molecular formula is C20H29BrN2O4. The van der Waals surface area contributed by atoms with Crippen molar-refractivity contribution in [2.24, 2.45) is 5.92 Å². The van der Waals surface area contributed by atoms with Gasteiger partial charge in [0.1, 0.15) is 0 Å². The van der Waals surface area contributed by atoms with Crippen LogP contribution in [0.15, 0.2) is 16.6 Å². The molecule has 7 heteroatoms. The van der Waals surface area contributed by atoms with E-state index in [4.69, 9.17) is 9.57 Å². The summed E-state index contributed by atoms with van der Waals surface area (Å²) in [6.45, 7) is 10.1. The van der Waals surface area contributed by atoms with Gasteiger partial charge in [-0.3, -0.25) is 4.90 Å². The van der Waals surface area contributed by atoms with E-state index in [1.165, 1.54) is 12.2 Å². The van der Waals surface area contributed by atoms with E-state index in [1.807, 2.05) is 6.07 Å². The second-order valence-electron chi connectivity index (χ2n) is 7.93. The van der Waals surface area contributed by atoms with E-state index in [0.29, 0.717) is 21.3 Å². The number of benzene rings is 1. The lowest BCUT2D eigenvalue weighted by Gasteiger charge is -2.40. The van der Waals surface area contributed by atoms with Crippen LogP contribution in [0.5, 0.6) is 0 Å². The van der Waals surface area contributed by atoms with Crippen LogP contribution >= 0.6 is 15.9 Å². The van der Waals surface area contributed by atoms with E-state index in [1.54, 1.807) is 20.0 Å². The minimum Gasteiger partial charge on any atom is -0.465 e. The molecule has 0 spiro atoms. The molecule has 1 fully saturated rings. The van der Waals surface area contributed by atoms with Crippen LogP contribution in [-0.4, -0.2) is 49.6 Å². The second kappa shape index (κ2) is 8.61. The summed E-state index contributed by atoms with van der Waals surface area (Å²) in [6, 6.07) is 3.51. The number of ether oxygens (including phenoxy) is 1. The van der Waals surface area contributed by atoms with Crippen LogP contribution < -0.4 is 5.06 Å². The van der Waals surface area contributed by atoms with Crippen LogP contribution in [-0.2, 0) is 14.4 Å². The highest BCUT2D eigenvalue weighted by molar-refractivity contribution is 9.10. The zero-order valence-electron chi connectivity index (χ0n) is 17.0. The van der Waals surface area contributed by atoms with Gasteiger partial charge in [0.15, 0.2) is 0 Å². The molecule has 1 heterocycles. The molecule has 0 aromatic heterocycles. The van der Waals surface area contributed by atoms with Crippen LogP contribution in [0.3, 0.4) is 0 Å². The van der Waals surface area contributed by atoms with Crippen molar-refractivity contribution < 1.29 is 19.2 Å². The van der Waals surface area contributed by atoms with Gasteiger partial charge in [0.2, 0.25) is 0 Å². The average Bonchev–Trinajstić information content (AvgIpc) is 2.61. The van der Waals surface area contributed by atoms with Crippen LogP contribution in [0.2, 0.25) is 0 Å². The lowest BCUT2D eigenvalue weighted by Crippen LogP contribution is -2.47. The second-order valence-corrected chi connectivity index (χ2v) is 8.84. The van der Waals surface area contributed by atoms with Gasteiger partial charge in [-0.2, -0.15) is 0 Å². The van der Waals surface area contributed by atoms with E-state index >= 15 is 0 Å². The normalized spacial score (nSPS) is 16.1. The number of hydrogen-bond acceptors (Lipinski definition) is 6. The lowest BCUT2D eigenvalue weighted by atomic mass is 9.93. The lowest BCUT2D eigenvalue weighted by molar-refractivity contribution is -0.151. The molecule has 150 valence electrons. The van der Waals surface area contributed by atoms with Gasteiger partial charge in [0.05, 0.1) is 24.3 Å². The first-order chi connectivity index (χ1) is 12.5. The smallest absolute Gasteiger partial charge is 0.338 e. The molecule has 1 saturated heterocycles. The molecule has 0 aliphatic carbocycles. The number of esters is 1. The predicted octanol–water partition coefficient (Wildman–Crippen LogP) is 3.95. The Kier molecular flexibility index (Phi) is 6.92. The molecule has 27 heavy (non-hydrogen) atoms. The summed E-state index contributed by atoms with van der Waals surface area (Å²) in [6.07, 6.45) is 1.57. The number of likely N-dealkylation sites (tertiary alicyclic amines) is 1.